The van der Waals surface area contributed by atoms with Crippen molar-refractivity contribution in [3.8, 4) is 11.1 Å². The topological polar surface area (TPSA) is 42.2 Å². The largest absolute Gasteiger partial charge is 0.461 e. The number of halogens is 2. The molecule has 0 saturated carbocycles. The smallest absolute Gasteiger partial charge is 0.256 e. The number of hydrogen-bond donors (Lipinski definition) is 1. The minimum atomic E-state index is -0.102. The van der Waals surface area contributed by atoms with Gasteiger partial charge >= 0.3 is 0 Å². The summed E-state index contributed by atoms with van der Waals surface area (Å²) in [6.45, 7) is 2.02. The second-order valence-corrected chi connectivity index (χ2v) is 9.25. The van der Waals surface area contributed by atoms with E-state index in [-0.39, 0.29) is 5.91 Å². The predicted octanol–water partition coefficient (Wildman–Crippen LogP) is 7.15. The van der Waals surface area contributed by atoms with Crippen molar-refractivity contribution in [1.29, 1.82) is 0 Å². The Balaban J connectivity index is 1.74. The highest BCUT2D eigenvalue weighted by Crippen LogP contribution is 2.45. The molecule has 1 N–H and O–H groups in total. The Morgan fingerprint density at radius 1 is 1.03 bits per heavy atom. The van der Waals surface area contributed by atoms with Gasteiger partial charge in [-0.05, 0) is 65.4 Å². The monoisotopic (exact) mass is 511 g/mol. The van der Waals surface area contributed by atoms with Crippen LogP contribution in [0.25, 0.3) is 22.8 Å². The Labute approximate surface area is 186 Å². The van der Waals surface area contributed by atoms with Gasteiger partial charge in [0.15, 0.2) is 0 Å². The number of fused-ring (bicyclic) bond motifs is 2. The van der Waals surface area contributed by atoms with Crippen LogP contribution in [0.5, 0.6) is 0 Å². The van der Waals surface area contributed by atoms with E-state index in [0.29, 0.717) is 5.57 Å². The first-order valence-corrected chi connectivity index (χ1v) is 11.3. The molecule has 2 aromatic carbocycles. The van der Waals surface area contributed by atoms with Gasteiger partial charge in [-0.3, -0.25) is 4.79 Å². The zero-order chi connectivity index (χ0) is 20.1. The summed E-state index contributed by atoms with van der Waals surface area (Å²) in [7, 11) is 0. The molecular weight excluding hydrogens is 494 g/mol. The van der Waals surface area contributed by atoms with E-state index in [1.807, 2.05) is 37.3 Å². The Hall–Kier alpha value is -2.11. The Morgan fingerprint density at radius 3 is 2.59 bits per heavy atom. The maximum atomic E-state index is 12.9. The lowest BCUT2D eigenvalue weighted by Gasteiger charge is -2.11. The van der Waals surface area contributed by atoms with Gasteiger partial charge in [-0.15, -0.1) is 0 Å². The molecule has 1 aromatic heterocycles. The fourth-order valence-electron chi connectivity index (χ4n) is 4.35. The van der Waals surface area contributed by atoms with Crippen LogP contribution < -0.4 is 5.32 Å². The Bertz CT molecular complexity index is 1180. The molecule has 0 unspecified atom stereocenters. The van der Waals surface area contributed by atoms with Gasteiger partial charge in [-0.1, -0.05) is 46.3 Å². The SMILES string of the molecule is Cc1c(Br)cc(Br)c2c1C(=Cc1oc3c(c1-c1ccccc1)CCCC3)C(=O)N2. The van der Waals surface area contributed by atoms with Crippen LogP contribution in [-0.4, -0.2) is 5.91 Å². The Morgan fingerprint density at radius 2 is 1.79 bits per heavy atom. The van der Waals surface area contributed by atoms with Crippen molar-refractivity contribution < 1.29 is 9.21 Å². The third-order valence-corrected chi connectivity index (χ3v) is 7.21. The number of amides is 1. The quantitative estimate of drug-likeness (QED) is 0.370. The molecule has 5 heteroatoms. The Kier molecular flexibility index (Phi) is 4.75. The zero-order valence-electron chi connectivity index (χ0n) is 15.9. The van der Waals surface area contributed by atoms with Gasteiger partial charge in [0.25, 0.3) is 5.91 Å². The second-order valence-electron chi connectivity index (χ2n) is 7.54. The van der Waals surface area contributed by atoms with Crippen LogP contribution in [0, 0.1) is 6.92 Å². The van der Waals surface area contributed by atoms with Gasteiger partial charge in [-0.2, -0.15) is 0 Å². The molecule has 0 bridgehead atoms. The van der Waals surface area contributed by atoms with E-state index in [0.717, 1.165) is 67.7 Å². The minimum Gasteiger partial charge on any atom is -0.461 e. The number of nitrogens with one attached hydrogen (secondary N) is 1. The molecule has 1 amide bonds. The average molecular weight is 513 g/mol. The second kappa shape index (κ2) is 7.29. The molecule has 1 aliphatic heterocycles. The van der Waals surface area contributed by atoms with Crippen molar-refractivity contribution in [1.82, 2.24) is 0 Å². The van der Waals surface area contributed by atoms with Crippen molar-refractivity contribution in [2.75, 3.05) is 5.32 Å². The van der Waals surface area contributed by atoms with E-state index >= 15 is 0 Å². The van der Waals surface area contributed by atoms with E-state index < -0.39 is 0 Å². The summed E-state index contributed by atoms with van der Waals surface area (Å²) in [6.07, 6.45) is 6.22. The molecule has 0 radical (unpaired) electrons. The molecule has 0 fully saturated rings. The molecule has 29 heavy (non-hydrogen) atoms. The fraction of sp³-hybridized carbons (Fsp3) is 0.208. The zero-order valence-corrected chi connectivity index (χ0v) is 19.1. The standard InChI is InChI=1S/C24H19Br2NO2/c1-13-17(25)12-18(26)23-21(13)16(24(28)27-23)11-20-22(14-7-3-2-4-8-14)15-9-5-6-10-19(15)29-20/h2-4,7-8,11-12H,5-6,9-10H2,1H3,(H,27,28). The number of furan rings is 1. The molecule has 2 heterocycles. The van der Waals surface area contributed by atoms with E-state index in [2.05, 4.69) is 49.3 Å². The van der Waals surface area contributed by atoms with Crippen molar-refractivity contribution >= 4 is 55.1 Å². The fourth-order valence-corrected chi connectivity index (χ4v) is 5.61. The number of benzene rings is 2. The van der Waals surface area contributed by atoms with E-state index in [9.17, 15) is 4.79 Å². The number of carbonyl (C=O) groups is 1. The highest BCUT2D eigenvalue weighted by Gasteiger charge is 2.31. The van der Waals surface area contributed by atoms with Crippen LogP contribution in [0.3, 0.4) is 0 Å². The lowest BCUT2D eigenvalue weighted by Crippen LogP contribution is -2.04. The van der Waals surface area contributed by atoms with Gasteiger partial charge in [0.2, 0.25) is 0 Å². The summed E-state index contributed by atoms with van der Waals surface area (Å²) >= 11 is 7.19. The first-order valence-electron chi connectivity index (χ1n) is 9.76. The summed E-state index contributed by atoms with van der Waals surface area (Å²) in [6, 6.07) is 12.3. The summed E-state index contributed by atoms with van der Waals surface area (Å²) in [5.41, 5.74) is 6.97. The third kappa shape index (κ3) is 3.11. The molecule has 3 aromatic rings. The number of aryl methyl sites for hydroxylation is 1. The highest BCUT2D eigenvalue weighted by atomic mass is 79.9. The molecule has 2 aliphatic rings. The summed E-state index contributed by atoms with van der Waals surface area (Å²) in [5.74, 6) is 1.74. The van der Waals surface area contributed by atoms with Gasteiger partial charge < -0.3 is 9.73 Å². The molecule has 3 nitrogen and oxygen atoms in total. The van der Waals surface area contributed by atoms with Gasteiger partial charge in [0, 0.05) is 32.1 Å². The maximum Gasteiger partial charge on any atom is 0.256 e. The number of carbonyl (C=O) groups excluding carboxylic acids is 1. The van der Waals surface area contributed by atoms with Crippen molar-refractivity contribution in [3.05, 3.63) is 73.6 Å². The van der Waals surface area contributed by atoms with E-state index in [4.69, 9.17) is 4.42 Å². The molecular formula is C24H19Br2NO2. The molecule has 0 saturated heterocycles. The normalized spacial score (nSPS) is 16.7. The molecule has 5 rings (SSSR count). The number of hydrogen-bond acceptors (Lipinski definition) is 2. The van der Waals surface area contributed by atoms with E-state index in [1.54, 1.807) is 0 Å². The molecule has 0 spiro atoms. The molecule has 146 valence electrons. The van der Waals surface area contributed by atoms with Crippen LogP contribution in [-0.2, 0) is 17.6 Å². The van der Waals surface area contributed by atoms with E-state index in [1.165, 1.54) is 12.0 Å². The van der Waals surface area contributed by atoms with Crippen LogP contribution in [0.2, 0.25) is 0 Å². The van der Waals surface area contributed by atoms with Crippen LogP contribution in [0.1, 0.15) is 41.1 Å². The lowest BCUT2D eigenvalue weighted by molar-refractivity contribution is -0.110. The first-order chi connectivity index (χ1) is 14.0. The molecule has 0 atom stereocenters. The minimum absolute atomic E-state index is 0.102. The number of rotatable bonds is 2. The van der Waals surface area contributed by atoms with Crippen LogP contribution >= 0.6 is 31.9 Å². The van der Waals surface area contributed by atoms with Gasteiger partial charge in [-0.25, -0.2) is 0 Å². The average Bonchev–Trinajstić information content (AvgIpc) is 3.25. The molecule has 1 aliphatic carbocycles. The highest BCUT2D eigenvalue weighted by molar-refractivity contribution is 9.11. The third-order valence-electron chi connectivity index (χ3n) is 5.76. The van der Waals surface area contributed by atoms with Gasteiger partial charge in [0.1, 0.15) is 11.5 Å². The predicted molar refractivity (Wildman–Crippen MR) is 124 cm³/mol. The van der Waals surface area contributed by atoms with Crippen LogP contribution in [0.15, 0.2) is 49.8 Å². The van der Waals surface area contributed by atoms with Gasteiger partial charge in [0.05, 0.1) is 11.3 Å². The van der Waals surface area contributed by atoms with Crippen molar-refractivity contribution in [2.24, 2.45) is 0 Å². The summed E-state index contributed by atoms with van der Waals surface area (Å²) in [5, 5.41) is 3.01. The van der Waals surface area contributed by atoms with Crippen LogP contribution in [0.4, 0.5) is 5.69 Å². The maximum absolute atomic E-state index is 12.9. The lowest BCUT2D eigenvalue weighted by atomic mass is 9.90. The summed E-state index contributed by atoms with van der Waals surface area (Å²) < 4.78 is 8.17. The first kappa shape index (κ1) is 18.9. The number of anilines is 1. The van der Waals surface area contributed by atoms with Crippen molar-refractivity contribution in [3.63, 3.8) is 0 Å². The summed E-state index contributed by atoms with van der Waals surface area (Å²) in [4.78, 5) is 12.9. The van der Waals surface area contributed by atoms with Crippen molar-refractivity contribution in [2.45, 2.75) is 32.6 Å².